The summed E-state index contributed by atoms with van der Waals surface area (Å²) in [7, 11) is 0. The monoisotopic (exact) mass is 161 g/mol. The van der Waals surface area contributed by atoms with E-state index in [9.17, 15) is 5.11 Å². The zero-order valence-electron chi connectivity index (χ0n) is 7.55. The van der Waals surface area contributed by atoms with Gasteiger partial charge in [-0.25, -0.2) is 5.11 Å². The van der Waals surface area contributed by atoms with Gasteiger partial charge in [-0.2, -0.15) is 0 Å². The zero-order valence-corrected chi connectivity index (χ0v) is 7.55. The summed E-state index contributed by atoms with van der Waals surface area (Å²) >= 11 is 0. The van der Waals surface area contributed by atoms with Crippen LogP contribution >= 0.6 is 0 Å². The molecule has 0 N–H and O–H groups in total. The summed E-state index contributed by atoms with van der Waals surface area (Å²) in [6.45, 7) is 7.54. The molecule has 0 heterocycles. The molecule has 0 atom stereocenters. The van der Waals surface area contributed by atoms with E-state index in [0.29, 0.717) is 5.57 Å². The minimum absolute atomic E-state index is 0.218. The van der Waals surface area contributed by atoms with Gasteiger partial charge in [0.1, 0.15) is 6.61 Å². The second-order valence-corrected chi connectivity index (χ2v) is 3.07. The molecule has 0 aliphatic carbocycles. The summed E-state index contributed by atoms with van der Waals surface area (Å²) in [5.74, 6) is 0. The Bertz CT molecular complexity index is 300. The van der Waals surface area contributed by atoms with Crippen molar-refractivity contribution in [2.24, 2.45) is 0 Å². The number of hydrogen-bond donors (Lipinski definition) is 0. The first-order valence-corrected chi connectivity index (χ1v) is 3.98. The van der Waals surface area contributed by atoms with Gasteiger partial charge in [-0.05, 0) is 30.5 Å². The maximum Gasteiger partial charge on any atom is 0.107 e. The van der Waals surface area contributed by atoms with Crippen LogP contribution in [-0.2, 0) is 5.11 Å². The summed E-state index contributed by atoms with van der Waals surface area (Å²) in [4.78, 5) is 0. The van der Waals surface area contributed by atoms with E-state index in [-0.39, 0.29) is 6.61 Å². The van der Waals surface area contributed by atoms with Crippen LogP contribution < -0.4 is 0 Å². The van der Waals surface area contributed by atoms with Crippen molar-refractivity contribution < 1.29 is 5.11 Å². The van der Waals surface area contributed by atoms with Gasteiger partial charge in [0.25, 0.3) is 0 Å². The topological polar surface area (TPSA) is 19.9 Å². The minimum Gasteiger partial charge on any atom is -0.232 e. The van der Waals surface area contributed by atoms with Gasteiger partial charge in [-0.3, -0.25) is 0 Å². The van der Waals surface area contributed by atoms with Crippen LogP contribution in [0.3, 0.4) is 0 Å². The Morgan fingerprint density at radius 2 is 2.08 bits per heavy atom. The Balaban J connectivity index is 3.09. The largest absolute Gasteiger partial charge is 0.232 e. The maximum atomic E-state index is 10.6. The Kier molecular flexibility index (Phi) is 2.66. The highest BCUT2D eigenvalue weighted by Gasteiger charge is 2.01. The third kappa shape index (κ3) is 1.74. The molecule has 1 nitrogen and oxygen atoms in total. The lowest BCUT2D eigenvalue weighted by Gasteiger charge is -2.06. The highest BCUT2D eigenvalue weighted by Crippen LogP contribution is 2.17. The standard InChI is InChI=1S/C11H13O/c1-8-4-5-11(9(2)6-8)10(3)7-12/h4-6H,3,7H2,1-2H3. The van der Waals surface area contributed by atoms with Crippen molar-refractivity contribution in [2.45, 2.75) is 13.8 Å². The van der Waals surface area contributed by atoms with Crippen LogP contribution in [0.1, 0.15) is 16.7 Å². The highest BCUT2D eigenvalue weighted by atomic mass is 16.3. The molecule has 1 heteroatoms. The molecular formula is C11H13O. The average Bonchev–Trinajstić information content (AvgIpc) is 2.03. The molecular weight excluding hydrogens is 148 g/mol. The summed E-state index contributed by atoms with van der Waals surface area (Å²) in [6, 6.07) is 6.03. The van der Waals surface area contributed by atoms with Gasteiger partial charge in [0.15, 0.2) is 0 Å². The SMILES string of the molecule is C=C(C[O])c1ccc(C)cc1C. The molecule has 63 valence electrons. The van der Waals surface area contributed by atoms with Crippen molar-refractivity contribution >= 4 is 5.57 Å². The van der Waals surface area contributed by atoms with Crippen molar-refractivity contribution in [1.29, 1.82) is 0 Å². The molecule has 0 spiro atoms. The molecule has 0 amide bonds. The Morgan fingerprint density at radius 1 is 1.42 bits per heavy atom. The molecule has 12 heavy (non-hydrogen) atoms. The highest BCUT2D eigenvalue weighted by molar-refractivity contribution is 5.66. The summed E-state index contributed by atoms with van der Waals surface area (Å²) in [6.07, 6.45) is 0. The summed E-state index contributed by atoms with van der Waals surface area (Å²) in [5.41, 5.74) is 4.02. The van der Waals surface area contributed by atoms with E-state index in [0.717, 1.165) is 11.1 Å². The van der Waals surface area contributed by atoms with E-state index in [1.54, 1.807) is 0 Å². The second kappa shape index (κ2) is 3.55. The van der Waals surface area contributed by atoms with E-state index < -0.39 is 0 Å². The van der Waals surface area contributed by atoms with E-state index in [4.69, 9.17) is 0 Å². The fraction of sp³-hybridized carbons (Fsp3) is 0.273. The molecule has 0 aliphatic heterocycles. The lowest BCUT2D eigenvalue weighted by Crippen LogP contribution is -1.91. The molecule has 0 bridgehead atoms. The minimum atomic E-state index is -0.218. The summed E-state index contributed by atoms with van der Waals surface area (Å²) in [5, 5.41) is 10.6. The Morgan fingerprint density at radius 3 is 2.58 bits per heavy atom. The van der Waals surface area contributed by atoms with Crippen LogP contribution in [0.4, 0.5) is 0 Å². The first kappa shape index (κ1) is 9.01. The second-order valence-electron chi connectivity index (χ2n) is 3.07. The first-order chi connectivity index (χ1) is 5.65. The van der Waals surface area contributed by atoms with Crippen LogP contribution in [0.15, 0.2) is 24.8 Å². The number of benzene rings is 1. The molecule has 0 saturated carbocycles. The van der Waals surface area contributed by atoms with Gasteiger partial charge in [-0.1, -0.05) is 30.3 Å². The molecule has 1 radical (unpaired) electrons. The van der Waals surface area contributed by atoms with Crippen molar-refractivity contribution in [3.63, 3.8) is 0 Å². The fourth-order valence-corrected chi connectivity index (χ4v) is 1.29. The fourth-order valence-electron chi connectivity index (χ4n) is 1.29. The third-order valence-electron chi connectivity index (χ3n) is 1.94. The molecule has 0 fully saturated rings. The van der Waals surface area contributed by atoms with E-state index >= 15 is 0 Å². The molecule has 1 rings (SSSR count). The summed E-state index contributed by atoms with van der Waals surface area (Å²) < 4.78 is 0. The molecule has 0 unspecified atom stereocenters. The molecule has 1 aromatic rings. The Hall–Kier alpha value is -1.08. The van der Waals surface area contributed by atoms with Crippen LogP contribution in [0.25, 0.3) is 5.57 Å². The zero-order chi connectivity index (χ0) is 9.14. The van der Waals surface area contributed by atoms with Crippen molar-refractivity contribution in [1.82, 2.24) is 0 Å². The Labute approximate surface area is 73.4 Å². The lowest BCUT2D eigenvalue weighted by molar-refractivity contribution is 0.239. The molecule has 0 saturated heterocycles. The van der Waals surface area contributed by atoms with E-state index in [1.807, 2.05) is 26.0 Å². The average molecular weight is 161 g/mol. The van der Waals surface area contributed by atoms with Crippen molar-refractivity contribution in [2.75, 3.05) is 6.61 Å². The molecule has 0 aliphatic rings. The molecule has 0 aromatic heterocycles. The number of aryl methyl sites for hydroxylation is 2. The normalized spacial score (nSPS) is 9.92. The molecule has 1 aromatic carbocycles. The smallest absolute Gasteiger partial charge is 0.107 e. The quantitative estimate of drug-likeness (QED) is 0.635. The van der Waals surface area contributed by atoms with Gasteiger partial charge >= 0.3 is 0 Å². The predicted octanol–water partition coefficient (Wildman–Crippen LogP) is 2.75. The third-order valence-corrected chi connectivity index (χ3v) is 1.94. The first-order valence-electron chi connectivity index (χ1n) is 3.98. The van der Waals surface area contributed by atoms with Gasteiger partial charge in [0.05, 0.1) is 0 Å². The van der Waals surface area contributed by atoms with Crippen LogP contribution in [-0.4, -0.2) is 6.61 Å². The maximum absolute atomic E-state index is 10.6. The van der Waals surface area contributed by atoms with Gasteiger partial charge in [0, 0.05) is 0 Å². The van der Waals surface area contributed by atoms with E-state index in [1.165, 1.54) is 5.56 Å². The number of rotatable bonds is 2. The van der Waals surface area contributed by atoms with Crippen LogP contribution in [0.2, 0.25) is 0 Å². The van der Waals surface area contributed by atoms with Crippen LogP contribution in [0.5, 0.6) is 0 Å². The van der Waals surface area contributed by atoms with Gasteiger partial charge in [0.2, 0.25) is 0 Å². The van der Waals surface area contributed by atoms with Gasteiger partial charge < -0.3 is 0 Å². The number of hydrogen-bond acceptors (Lipinski definition) is 0. The van der Waals surface area contributed by atoms with Crippen molar-refractivity contribution in [3.8, 4) is 0 Å². The van der Waals surface area contributed by atoms with E-state index in [2.05, 4.69) is 12.6 Å². The van der Waals surface area contributed by atoms with Crippen molar-refractivity contribution in [3.05, 3.63) is 41.5 Å². The lowest BCUT2D eigenvalue weighted by atomic mass is 10.0. The van der Waals surface area contributed by atoms with Gasteiger partial charge in [-0.15, -0.1) is 0 Å². The predicted molar refractivity (Wildman–Crippen MR) is 50.5 cm³/mol. The van der Waals surface area contributed by atoms with Crippen LogP contribution in [0, 0.1) is 13.8 Å².